The first-order valence-electron chi connectivity index (χ1n) is 12.3. The molecule has 0 heterocycles. The lowest BCUT2D eigenvalue weighted by Gasteiger charge is -2.48. The van der Waals surface area contributed by atoms with E-state index in [9.17, 15) is 0 Å². The Morgan fingerprint density at radius 2 is 1.19 bits per heavy atom. The van der Waals surface area contributed by atoms with E-state index >= 15 is 0 Å². The molecule has 1 nitrogen and oxygen atoms in total. The van der Waals surface area contributed by atoms with Crippen LogP contribution in [0.5, 0.6) is 0 Å². The summed E-state index contributed by atoms with van der Waals surface area (Å²) in [7, 11) is 0. The fourth-order valence-electron chi connectivity index (χ4n) is 6.78. The van der Waals surface area contributed by atoms with Gasteiger partial charge in [0, 0.05) is 6.61 Å². The van der Waals surface area contributed by atoms with Gasteiger partial charge in [0.1, 0.15) is 0 Å². The molecule has 152 valence electrons. The molecule has 0 aromatic carbocycles. The summed E-state index contributed by atoms with van der Waals surface area (Å²) in [4.78, 5) is 0. The molecule has 0 amide bonds. The highest BCUT2D eigenvalue weighted by Gasteiger charge is 2.42. The number of ether oxygens (including phenoxy) is 1. The Bertz CT molecular complexity index is 354. The molecule has 0 saturated heterocycles. The van der Waals surface area contributed by atoms with Crippen molar-refractivity contribution < 1.29 is 4.74 Å². The summed E-state index contributed by atoms with van der Waals surface area (Å²) in [6.45, 7) is 6.06. The van der Waals surface area contributed by atoms with Gasteiger partial charge in [-0.25, -0.2) is 0 Å². The van der Waals surface area contributed by atoms with E-state index in [2.05, 4.69) is 13.8 Å². The zero-order valence-corrected chi connectivity index (χ0v) is 17.9. The van der Waals surface area contributed by atoms with E-state index in [0.29, 0.717) is 11.5 Å². The Hall–Kier alpha value is -0.0400. The largest absolute Gasteiger partial charge is 0.378 e. The first-order chi connectivity index (χ1) is 12.7. The minimum absolute atomic E-state index is 0.451. The fraction of sp³-hybridized carbons (Fsp3) is 1.00. The van der Waals surface area contributed by atoms with E-state index in [1.54, 1.807) is 0 Å². The second-order valence-corrected chi connectivity index (χ2v) is 10.4. The van der Waals surface area contributed by atoms with Gasteiger partial charge in [-0.15, -0.1) is 0 Å². The van der Waals surface area contributed by atoms with Crippen molar-refractivity contribution in [3.05, 3.63) is 0 Å². The quantitative estimate of drug-likeness (QED) is 0.426. The molecule has 1 atom stereocenters. The molecule has 1 heteroatoms. The third-order valence-corrected chi connectivity index (χ3v) is 8.46. The van der Waals surface area contributed by atoms with Crippen LogP contribution in [0.4, 0.5) is 0 Å². The van der Waals surface area contributed by atoms with Gasteiger partial charge in [-0.3, -0.25) is 0 Å². The first-order valence-corrected chi connectivity index (χ1v) is 12.3. The van der Waals surface area contributed by atoms with Crippen molar-refractivity contribution in [3.8, 4) is 0 Å². The van der Waals surface area contributed by atoms with Gasteiger partial charge < -0.3 is 4.74 Å². The maximum absolute atomic E-state index is 6.42. The molecular weight excluding hydrogens is 316 g/mol. The van der Waals surface area contributed by atoms with Gasteiger partial charge in [0.15, 0.2) is 0 Å². The van der Waals surface area contributed by atoms with Crippen molar-refractivity contribution in [2.24, 2.45) is 23.2 Å². The molecular formula is C25H46O. The summed E-state index contributed by atoms with van der Waals surface area (Å²) < 4.78 is 6.42. The average molecular weight is 363 g/mol. The molecule has 3 saturated carbocycles. The van der Waals surface area contributed by atoms with Gasteiger partial charge in [-0.1, -0.05) is 77.6 Å². The van der Waals surface area contributed by atoms with E-state index in [0.717, 1.165) is 24.4 Å². The van der Waals surface area contributed by atoms with Crippen molar-refractivity contribution in [1.29, 1.82) is 0 Å². The van der Waals surface area contributed by atoms with Crippen LogP contribution in [0, 0.1) is 23.2 Å². The van der Waals surface area contributed by atoms with Gasteiger partial charge in [-0.05, 0) is 68.6 Å². The fourth-order valence-corrected chi connectivity index (χ4v) is 6.78. The molecule has 0 bridgehead atoms. The molecule has 26 heavy (non-hydrogen) atoms. The molecule has 3 aliphatic rings. The van der Waals surface area contributed by atoms with E-state index in [4.69, 9.17) is 4.74 Å². The monoisotopic (exact) mass is 362 g/mol. The van der Waals surface area contributed by atoms with E-state index in [1.807, 2.05) is 0 Å². The molecule has 3 aliphatic carbocycles. The van der Waals surface area contributed by atoms with Crippen LogP contribution in [-0.4, -0.2) is 12.7 Å². The summed E-state index contributed by atoms with van der Waals surface area (Å²) >= 11 is 0. The third kappa shape index (κ3) is 5.73. The molecule has 0 aromatic heterocycles. The Morgan fingerprint density at radius 3 is 1.69 bits per heavy atom. The van der Waals surface area contributed by atoms with Gasteiger partial charge in [0.2, 0.25) is 0 Å². The SMILES string of the molecule is CC(CC(C)(C1CCCCC1)C1CCCCC1)OCCC1CCCCC1. The van der Waals surface area contributed by atoms with Crippen molar-refractivity contribution in [1.82, 2.24) is 0 Å². The lowest BCUT2D eigenvalue weighted by atomic mass is 9.58. The van der Waals surface area contributed by atoms with Crippen LogP contribution >= 0.6 is 0 Å². The summed E-state index contributed by atoms with van der Waals surface area (Å²) in [6.07, 6.45) is 25.2. The maximum atomic E-state index is 6.42. The van der Waals surface area contributed by atoms with Gasteiger partial charge in [0.05, 0.1) is 6.10 Å². The molecule has 0 aliphatic heterocycles. The van der Waals surface area contributed by atoms with Gasteiger partial charge in [-0.2, -0.15) is 0 Å². The van der Waals surface area contributed by atoms with Crippen LogP contribution in [0.15, 0.2) is 0 Å². The molecule has 0 spiro atoms. The topological polar surface area (TPSA) is 9.23 Å². The van der Waals surface area contributed by atoms with E-state index in [1.165, 1.54) is 109 Å². The van der Waals surface area contributed by atoms with Crippen molar-refractivity contribution >= 4 is 0 Å². The number of hydrogen-bond acceptors (Lipinski definition) is 1. The Morgan fingerprint density at radius 1 is 0.731 bits per heavy atom. The highest BCUT2D eigenvalue weighted by atomic mass is 16.5. The Balaban J connectivity index is 1.51. The second kappa shape index (κ2) is 10.5. The average Bonchev–Trinajstić information content (AvgIpc) is 2.70. The van der Waals surface area contributed by atoms with Crippen LogP contribution in [0.3, 0.4) is 0 Å². The van der Waals surface area contributed by atoms with Crippen molar-refractivity contribution in [2.45, 2.75) is 129 Å². The number of hydrogen-bond donors (Lipinski definition) is 0. The van der Waals surface area contributed by atoms with Crippen LogP contribution in [0.1, 0.15) is 123 Å². The lowest BCUT2D eigenvalue weighted by Crippen LogP contribution is -2.40. The zero-order chi connectivity index (χ0) is 18.2. The normalized spacial score (nSPS) is 26.1. The van der Waals surface area contributed by atoms with Gasteiger partial charge in [0.25, 0.3) is 0 Å². The smallest absolute Gasteiger partial charge is 0.0552 e. The van der Waals surface area contributed by atoms with Crippen LogP contribution < -0.4 is 0 Å². The molecule has 0 N–H and O–H groups in total. The molecule has 0 radical (unpaired) electrons. The zero-order valence-electron chi connectivity index (χ0n) is 17.9. The minimum Gasteiger partial charge on any atom is -0.378 e. The molecule has 3 rings (SSSR count). The first kappa shape index (κ1) is 20.7. The summed E-state index contributed by atoms with van der Waals surface area (Å²) in [5.41, 5.74) is 0.533. The summed E-state index contributed by atoms with van der Waals surface area (Å²) in [5, 5.41) is 0. The third-order valence-electron chi connectivity index (χ3n) is 8.46. The summed E-state index contributed by atoms with van der Waals surface area (Å²) in [5.74, 6) is 2.88. The highest BCUT2D eigenvalue weighted by molar-refractivity contribution is 4.92. The van der Waals surface area contributed by atoms with Crippen LogP contribution in [0.2, 0.25) is 0 Å². The van der Waals surface area contributed by atoms with Crippen molar-refractivity contribution in [3.63, 3.8) is 0 Å². The predicted octanol–water partition coefficient (Wildman–Crippen LogP) is 7.92. The predicted molar refractivity (Wildman–Crippen MR) is 112 cm³/mol. The maximum Gasteiger partial charge on any atom is 0.0552 e. The lowest BCUT2D eigenvalue weighted by molar-refractivity contribution is -0.0355. The highest BCUT2D eigenvalue weighted by Crippen LogP contribution is 2.51. The standard InChI is InChI=1S/C25H46O/c1-21(26-19-18-22-12-6-3-7-13-22)20-25(2,23-14-8-4-9-15-23)24-16-10-5-11-17-24/h21-24H,3-20H2,1-2H3. The second-order valence-electron chi connectivity index (χ2n) is 10.4. The molecule has 1 unspecified atom stereocenters. The van der Waals surface area contributed by atoms with E-state index < -0.39 is 0 Å². The Kier molecular flexibility index (Phi) is 8.35. The van der Waals surface area contributed by atoms with E-state index in [-0.39, 0.29) is 0 Å². The van der Waals surface area contributed by atoms with Crippen LogP contribution in [-0.2, 0) is 4.74 Å². The molecule has 0 aromatic rings. The van der Waals surface area contributed by atoms with Crippen molar-refractivity contribution in [2.75, 3.05) is 6.61 Å². The molecule has 3 fully saturated rings. The van der Waals surface area contributed by atoms with Gasteiger partial charge >= 0.3 is 0 Å². The summed E-state index contributed by atoms with van der Waals surface area (Å²) in [6, 6.07) is 0. The minimum atomic E-state index is 0.451. The number of rotatable bonds is 8. The Labute approximate surface area is 164 Å². The van der Waals surface area contributed by atoms with Crippen LogP contribution in [0.25, 0.3) is 0 Å².